The number of aromatic nitrogens is 2. The van der Waals surface area contributed by atoms with E-state index in [-0.39, 0.29) is 12.8 Å². The Morgan fingerprint density at radius 3 is 2.12 bits per heavy atom. The highest BCUT2D eigenvalue weighted by Crippen LogP contribution is 2.02. The lowest BCUT2D eigenvalue weighted by molar-refractivity contribution is -0.144. The molecule has 0 saturated heterocycles. The van der Waals surface area contributed by atoms with Gasteiger partial charge in [0.1, 0.15) is 18.1 Å². The Kier molecular flexibility index (Phi) is 10.4. The second-order valence-electron chi connectivity index (χ2n) is 7.11. The number of rotatable bonds is 14. The van der Waals surface area contributed by atoms with E-state index in [1.165, 1.54) is 19.4 Å². The van der Waals surface area contributed by atoms with Crippen molar-refractivity contribution in [1.82, 2.24) is 25.9 Å². The normalized spacial score (nSPS) is 14.2. The molecule has 1 heterocycles. The fourth-order valence-electron chi connectivity index (χ4n) is 2.59. The molecule has 1 aromatic heterocycles. The summed E-state index contributed by atoms with van der Waals surface area (Å²) in [5.41, 5.74) is 6.31. The third-order valence-corrected chi connectivity index (χ3v) is 4.36. The van der Waals surface area contributed by atoms with Crippen LogP contribution in [0.25, 0.3) is 0 Å². The van der Waals surface area contributed by atoms with Gasteiger partial charge in [0.15, 0.2) is 0 Å². The summed E-state index contributed by atoms with van der Waals surface area (Å²) >= 11 is 0. The minimum atomic E-state index is -1.57. The topological polar surface area (TPSA) is 254 Å². The van der Waals surface area contributed by atoms with E-state index < -0.39 is 72.6 Å². The zero-order valence-electron chi connectivity index (χ0n) is 17.6. The average Bonchev–Trinajstić information content (AvgIpc) is 3.22. The van der Waals surface area contributed by atoms with Gasteiger partial charge in [0, 0.05) is 24.7 Å². The largest absolute Gasteiger partial charge is 0.481 e. The van der Waals surface area contributed by atoms with E-state index in [9.17, 15) is 28.8 Å². The fraction of sp³-hybridized carbons (Fsp3) is 0.500. The van der Waals surface area contributed by atoms with Crippen LogP contribution < -0.4 is 21.7 Å². The van der Waals surface area contributed by atoms with Gasteiger partial charge in [0.25, 0.3) is 0 Å². The molecule has 0 aliphatic rings. The number of carboxylic acid groups (broad SMARTS) is 3. The molecule has 0 saturated carbocycles. The van der Waals surface area contributed by atoms with Crippen molar-refractivity contribution in [1.29, 1.82) is 0 Å². The second-order valence-corrected chi connectivity index (χ2v) is 7.11. The number of H-pyrrole nitrogens is 1. The van der Waals surface area contributed by atoms with Crippen molar-refractivity contribution in [2.24, 2.45) is 5.73 Å². The maximum atomic E-state index is 12.5. The van der Waals surface area contributed by atoms with Gasteiger partial charge in [-0.05, 0) is 13.3 Å². The first kappa shape index (κ1) is 27.0. The third-order valence-electron chi connectivity index (χ3n) is 4.36. The first-order valence-corrected chi connectivity index (χ1v) is 9.71. The number of carboxylic acids is 3. The van der Waals surface area contributed by atoms with Crippen molar-refractivity contribution in [3.8, 4) is 0 Å². The van der Waals surface area contributed by atoms with E-state index in [4.69, 9.17) is 21.1 Å². The summed E-state index contributed by atoms with van der Waals surface area (Å²) in [6.45, 7) is 1.20. The zero-order chi connectivity index (χ0) is 25.1. The number of hydrogen-bond donors (Lipinski definition) is 8. The second kappa shape index (κ2) is 12.7. The molecular weight excluding hydrogens is 444 g/mol. The van der Waals surface area contributed by atoms with E-state index in [0.717, 1.165) is 0 Å². The van der Waals surface area contributed by atoms with E-state index in [0.29, 0.717) is 5.69 Å². The van der Waals surface area contributed by atoms with Crippen molar-refractivity contribution in [3.05, 3.63) is 18.2 Å². The quantitative estimate of drug-likeness (QED) is 0.137. The maximum absolute atomic E-state index is 12.5. The Balaban J connectivity index is 2.74. The minimum Gasteiger partial charge on any atom is -0.481 e. The number of amides is 3. The van der Waals surface area contributed by atoms with Crippen LogP contribution in [-0.4, -0.2) is 85.1 Å². The Morgan fingerprint density at radius 1 is 0.970 bits per heavy atom. The van der Waals surface area contributed by atoms with Crippen LogP contribution >= 0.6 is 0 Å². The molecule has 4 unspecified atom stereocenters. The lowest BCUT2D eigenvalue weighted by Gasteiger charge is -2.22. The number of carbonyl (C=O) groups excluding carboxylic acids is 3. The van der Waals surface area contributed by atoms with Gasteiger partial charge in [-0.1, -0.05) is 0 Å². The highest BCUT2D eigenvalue weighted by Gasteiger charge is 2.30. The predicted octanol–water partition coefficient (Wildman–Crippen LogP) is -2.82. The molecule has 0 aliphatic carbocycles. The highest BCUT2D eigenvalue weighted by molar-refractivity contribution is 5.95. The van der Waals surface area contributed by atoms with Gasteiger partial charge in [0.2, 0.25) is 17.7 Å². The van der Waals surface area contributed by atoms with Gasteiger partial charge in [0.05, 0.1) is 18.8 Å². The molecule has 182 valence electrons. The molecule has 1 rings (SSSR count). The van der Waals surface area contributed by atoms with Crippen LogP contribution in [0.15, 0.2) is 12.5 Å². The van der Waals surface area contributed by atoms with Crippen LogP contribution in [0.2, 0.25) is 0 Å². The number of carbonyl (C=O) groups is 6. The number of aliphatic carboxylic acids is 3. The molecule has 4 atom stereocenters. The molecular formula is C18H26N6O9. The van der Waals surface area contributed by atoms with Crippen molar-refractivity contribution >= 4 is 35.6 Å². The van der Waals surface area contributed by atoms with Crippen LogP contribution in [0.3, 0.4) is 0 Å². The Labute approximate surface area is 187 Å². The van der Waals surface area contributed by atoms with Gasteiger partial charge in [-0.15, -0.1) is 0 Å². The van der Waals surface area contributed by atoms with Crippen molar-refractivity contribution < 1.29 is 44.1 Å². The number of nitrogens with one attached hydrogen (secondary N) is 4. The number of hydrogen-bond acceptors (Lipinski definition) is 8. The summed E-state index contributed by atoms with van der Waals surface area (Å²) in [7, 11) is 0. The number of imidazole rings is 1. The van der Waals surface area contributed by atoms with Crippen molar-refractivity contribution in [3.63, 3.8) is 0 Å². The summed E-state index contributed by atoms with van der Waals surface area (Å²) in [5, 5.41) is 33.3. The lowest BCUT2D eigenvalue weighted by atomic mass is 10.1. The van der Waals surface area contributed by atoms with E-state index in [1.807, 2.05) is 0 Å². The Hall–Kier alpha value is -4.01. The molecule has 9 N–H and O–H groups in total. The van der Waals surface area contributed by atoms with Gasteiger partial charge < -0.3 is 42.0 Å². The Bertz CT molecular complexity index is 873. The molecule has 15 nitrogen and oxygen atoms in total. The average molecular weight is 470 g/mol. The standard InChI is InChI=1S/C18H26N6O9/c1-8(15(29)23-11(18(32)33)2-3-13(25)26)22-17(31)12(5-14(27)28)24-16(30)10(19)4-9-6-20-7-21-9/h6-8,10-12H,2-5,19H2,1H3,(H,20,21)(H,22,31)(H,23,29)(H,24,30)(H,25,26)(H,27,28)(H,32,33). The molecule has 0 bridgehead atoms. The summed E-state index contributed by atoms with van der Waals surface area (Å²) < 4.78 is 0. The van der Waals surface area contributed by atoms with Crippen LogP contribution in [-0.2, 0) is 35.2 Å². The zero-order valence-corrected chi connectivity index (χ0v) is 17.6. The van der Waals surface area contributed by atoms with Gasteiger partial charge >= 0.3 is 17.9 Å². The van der Waals surface area contributed by atoms with E-state index in [1.54, 1.807) is 0 Å². The number of nitrogens with zero attached hydrogens (tertiary/aromatic N) is 1. The van der Waals surface area contributed by atoms with Crippen molar-refractivity contribution in [2.45, 2.75) is 56.8 Å². The van der Waals surface area contributed by atoms with Crippen LogP contribution in [0, 0.1) is 0 Å². The smallest absolute Gasteiger partial charge is 0.326 e. The SMILES string of the molecule is CC(NC(=O)C(CC(=O)O)NC(=O)C(N)Cc1cnc[nH]1)C(=O)NC(CCC(=O)O)C(=O)O. The molecule has 0 aromatic carbocycles. The van der Waals surface area contributed by atoms with Gasteiger partial charge in [-0.25, -0.2) is 9.78 Å². The molecule has 33 heavy (non-hydrogen) atoms. The fourth-order valence-corrected chi connectivity index (χ4v) is 2.59. The van der Waals surface area contributed by atoms with Crippen molar-refractivity contribution in [2.75, 3.05) is 0 Å². The van der Waals surface area contributed by atoms with Crippen LogP contribution in [0.4, 0.5) is 0 Å². The predicted molar refractivity (Wildman–Crippen MR) is 108 cm³/mol. The lowest BCUT2D eigenvalue weighted by Crippen LogP contribution is -2.57. The molecule has 3 amide bonds. The molecule has 0 spiro atoms. The highest BCUT2D eigenvalue weighted by atomic mass is 16.4. The molecule has 0 radical (unpaired) electrons. The molecule has 0 aliphatic heterocycles. The Morgan fingerprint density at radius 2 is 1.61 bits per heavy atom. The van der Waals surface area contributed by atoms with E-state index in [2.05, 4.69) is 25.9 Å². The summed E-state index contributed by atoms with van der Waals surface area (Å²) in [6, 6.07) is -5.53. The number of nitrogens with two attached hydrogens (primary N) is 1. The van der Waals surface area contributed by atoms with Crippen LogP contribution in [0.1, 0.15) is 31.9 Å². The number of aromatic amines is 1. The first-order chi connectivity index (χ1) is 15.4. The summed E-state index contributed by atoms with van der Waals surface area (Å²) in [6.07, 6.45) is 1.16. The third kappa shape index (κ3) is 9.77. The minimum absolute atomic E-state index is 0.0406. The summed E-state index contributed by atoms with van der Waals surface area (Å²) in [4.78, 5) is 76.5. The molecule has 15 heteroatoms. The summed E-state index contributed by atoms with van der Waals surface area (Å²) in [5.74, 6) is -6.91. The molecule has 0 fully saturated rings. The van der Waals surface area contributed by atoms with E-state index >= 15 is 0 Å². The van der Waals surface area contributed by atoms with Gasteiger partial charge in [-0.2, -0.15) is 0 Å². The maximum Gasteiger partial charge on any atom is 0.326 e. The van der Waals surface area contributed by atoms with Crippen LogP contribution in [0.5, 0.6) is 0 Å². The first-order valence-electron chi connectivity index (χ1n) is 9.71. The molecule has 1 aromatic rings. The van der Waals surface area contributed by atoms with Gasteiger partial charge in [-0.3, -0.25) is 24.0 Å². The monoisotopic (exact) mass is 470 g/mol.